The van der Waals surface area contributed by atoms with Crippen LogP contribution in [0.3, 0.4) is 0 Å². The molecule has 1 spiro atoms. The van der Waals surface area contributed by atoms with Crippen LogP contribution in [0.25, 0.3) is 0 Å². The van der Waals surface area contributed by atoms with Crippen LogP contribution in [0.2, 0.25) is 0 Å². The maximum atomic E-state index is 9.27. The van der Waals surface area contributed by atoms with Gasteiger partial charge in [-0.25, -0.2) is 0 Å². The predicted molar refractivity (Wildman–Crippen MR) is 43.0 cm³/mol. The fraction of sp³-hybridized carbons (Fsp3) is 0.800. The lowest BCUT2D eigenvalue weighted by Gasteiger charge is -2.19. The van der Waals surface area contributed by atoms with Crippen molar-refractivity contribution in [3.8, 4) is 0 Å². The van der Waals surface area contributed by atoms with Gasteiger partial charge in [-0.1, -0.05) is 18.6 Å². The molecular weight excluding hydrogens is 136 g/mol. The molecule has 0 bridgehead atoms. The van der Waals surface area contributed by atoms with Crippen LogP contribution in [0, 0.1) is 16.7 Å². The summed E-state index contributed by atoms with van der Waals surface area (Å²) in [6.07, 6.45) is 6.25. The van der Waals surface area contributed by atoms with Gasteiger partial charge in [0.15, 0.2) is 0 Å². The minimum atomic E-state index is 0.358. The lowest BCUT2D eigenvalue weighted by molar-refractivity contribution is 0.174. The minimum absolute atomic E-state index is 0.358. The monoisotopic (exact) mass is 150 g/mol. The Morgan fingerprint density at radius 3 is 3.27 bits per heavy atom. The Morgan fingerprint density at radius 1 is 1.73 bits per heavy atom. The average molecular weight is 150 g/mol. The highest BCUT2D eigenvalue weighted by molar-refractivity contribution is 5.49. The van der Waals surface area contributed by atoms with Crippen LogP contribution in [-0.2, 0) is 0 Å². The maximum Gasteiger partial charge on any atom is 0.0496 e. The Balaban J connectivity index is 2.01. The van der Waals surface area contributed by atoms with E-state index >= 15 is 0 Å². The van der Waals surface area contributed by atoms with Gasteiger partial charge in [0.2, 0.25) is 0 Å². The normalized spacial score (nSPS) is 57.6. The van der Waals surface area contributed by atoms with E-state index in [-0.39, 0.29) is 0 Å². The first-order valence-electron chi connectivity index (χ1n) is 4.55. The maximum absolute atomic E-state index is 9.27. The molecule has 0 heterocycles. The Labute approximate surface area is 67.1 Å². The molecule has 3 unspecified atom stereocenters. The first-order chi connectivity index (χ1) is 5.22. The van der Waals surface area contributed by atoms with Crippen molar-refractivity contribution in [2.75, 3.05) is 6.61 Å². The van der Waals surface area contributed by atoms with E-state index in [4.69, 9.17) is 0 Å². The van der Waals surface area contributed by atoms with Crippen LogP contribution in [-0.4, -0.2) is 11.7 Å². The Kier molecular flexibility index (Phi) is 0.809. The molecular formula is C10H14O. The summed E-state index contributed by atoms with van der Waals surface area (Å²) in [5, 5.41) is 9.27. The van der Waals surface area contributed by atoms with Crippen LogP contribution < -0.4 is 0 Å². The summed E-state index contributed by atoms with van der Waals surface area (Å²) in [6.45, 7) is 2.69. The molecule has 1 heteroatoms. The van der Waals surface area contributed by atoms with E-state index in [9.17, 15) is 5.11 Å². The molecule has 2 fully saturated rings. The van der Waals surface area contributed by atoms with E-state index < -0.39 is 0 Å². The Morgan fingerprint density at radius 2 is 2.55 bits per heavy atom. The van der Waals surface area contributed by atoms with Gasteiger partial charge in [-0.15, -0.1) is 0 Å². The lowest BCUT2D eigenvalue weighted by Crippen LogP contribution is -2.16. The zero-order chi connectivity index (χ0) is 7.69. The van der Waals surface area contributed by atoms with Crippen molar-refractivity contribution in [3.05, 3.63) is 11.6 Å². The van der Waals surface area contributed by atoms with Crippen molar-refractivity contribution in [2.24, 2.45) is 16.7 Å². The van der Waals surface area contributed by atoms with E-state index in [2.05, 4.69) is 13.0 Å². The third-order valence-corrected chi connectivity index (χ3v) is 4.01. The number of aliphatic hydroxyl groups is 1. The van der Waals surface area contributed by atoms with Crippen LogP contribution in [0.1, 0.15) is 26.2 Å². The van der Waals surface area contributed by atoms with Gasteiger partial charge in [0, 0.05) is 17.4 Å². The first kappa shape index (κ1) is 6.24. The van der Waals surface area contributed by atoms with Crippen LogP contribution >= 0.6 is 0 Å². The SMILES string of the molecule is CC1C=C2CC23CC3(CO)C1. The van der Waals surface area contributed by atoms with Gasteiger partial charge in [-0.2, -0.15) is 0 Å². The minimum Gasteiger partial charge on any atom is -0.396 e. The largest absolute Gasteiger partial charge is 0.396 e. The topological polar surface area (TPSA) is 20.2 Å². The van der Waals surface area contributed by atoms with Crippen LogP contribution in [0.15, 0.2) is 11.6 Å². The standard InChI is InChI=1S/C10H14O/c1-7-2-8-4-10(8)5-9(10,3-7)6-11/h2,7,11H,3-6H2,1H3. The fourth-order valence-corrected chi connectivity index (χ4v) is 3.29. The predicted octanol–water partition coefficient (Wildman–Crippen LogP) is 1.73. The van der Waals surface area contributed by atoms with Crippen molar-refractivity contribution in [3.63, 3.8) is 0 Å². The van der Waals surface area contributed by atoms with Crippen molar-refractivity contribution in [1.82, 2.24) is 0 Å². The molecule has 0 aromatic rings. The molecule has 0 aromatic heterocycles. The van der Waals surface area contributed by atoms with Crippen molar-refractivity contribution in [2.45, 2.75) is 26.2 Å². The second-order valence-corrected chi connectivity index (χ2v) is 4.75. The third kappa shape index (κ3) is 0.506. The number of aliphatic hydroxyl groups excluding tert-OH is 1. The molecule has 3 aliphatic rings. The molecule has 11 heavy (non-hydrogen) atoms. The Bertz CT molecular complexity index is 256. The fourth-order valence-electron chi connectivity index (χ4n) is 3.29. The molecule has 1 nitrogen and oxygen atoms in total. The third-order valence-electron chi connectivity index (χ3n) is 4.01. The molecule has 0 aromatic carbocycles. The molecule has 0 saturated heterocycles. The molecule has 3 aliphatic carbocycles. The molecule has 0 aliphatic heterocycles. The van der Waals surface area contributed by atoms with Gasteiger partial charge >= 0.3 is 0 Å². The highest BCUT2D eigenvalue weighted by atomic mass is 16.3. The number of hydrogen-bond acceptors (Lipinski definition) is 1. The van der Waals surface area contributed by atoms with Crippen LogP contribution in [0.5, 0.6) is 0 Å². The molecule has 1 N–H and O–H groups in total. The Hall–Kier alpha value is -0.300. The zero-order valence-electron chi connectivity index (χ0n) is 6.93. The van der Waals surface area contributed by atoms with Crippen LogP contribution in [0.4, 0.5) is 0 Å². The highest BCUT2D eigenvalue weighted by Crippen LogP contribution is 2.85. The quantitative estimate of drug-likeness (QED) is 0.564. The molecule has 0 amide bonds. The summed E-state index contributed by atoms with van der Waals surface area (Å²) in [6, 6.07) is 0. The van der Waals surface area contributed by atoms with Crippen molar-refractivity contribution >= 4 is 0 Å². The average Bonchev–Trinajstić information content (AvgIpc) is 2.74. The van der Waals surface area contributed by atoms with Crippen molar-refractivity contribution in [1.29, 1.82) is 0 Å². The molecule has 3 atom stereocenters. The summed E-state index contributed by atoms with van der Waals surface area (Å²) in [5.41, 5.74) is 2.57. The summed E-state index contributed by atoms with van der Waals surface area (Å²) in [7, 11) is 0. The van der Waals surface area contributed by atoms with Gasteiger partial charge in [0.05, 0.1) is 0 Å². The summed E-state index contributed by atoms with van der Waals surface area (Å²) < 4.78 is 0. The highest BCUT2D eigenvalue weighted by Gasteiger charge is 2.77. The van der Waals surface area contributed by atoms with Gasteiger partial charge in [-0.3, -0.25) is 0 Å². The summed E-state index contributed by atoms with van der Waals surface area (Å²) in [5.74, 6) is 0.718. The second kappa shape index (κ2) is 1.42. The van der Waals surface area contributed by atoms with Gasteiger partial charge in [-0.05, 0) is 25.2 Å². The molecule has 60 valence electrons. The molecule has 2 saturated carbocycles. The smallest absolute Gasteiger partial charge is 0.0496 e. The van der Waals surface area contributed by atoms with E-state index in [1.165, 1.54) is 19.3 Å². The summed E-state index contributed by atoms with van der Waals surface area (Å²) >= 11 is 0. The summed E-state index contributed by atoms with van der Waals surface area (Å²) in [4.78, 5) is 0. The number of allylic oxidation sites excluding steroid dienone is 2. The molecule has 0 radical (unpaired) electrons. The number of hydrogen-bond donors (Lipinski definition) is 1. The zero-order valence-corrected chi connectivity index (χ0v) is 6.93. The first-order valence-corrected chi connectivity index (χ1v) is 4.55. The number of rotatable bonds is 1. The van der Waals surface area contributed by atoms with E-state index in [1.54, 1.807) is 5.57 Å². The lowest BCUT2D eigenvalue weighted by atomic mass is 9.87. The van der Waals surface area contributed by atoms with Gasteiger partial charge in [0.1, 0.15) is 0 Å². The van der Waals surface area contributed by atoms with Gasteiger partial charge in [0.25, 0.3) is 0 Å². The van der Waals surface area contributed by atoms with E-state index in [1.807, 2.05) is 0 Å². The second-order valence-electron chi connectivity index (χ2n) is 4.75. The van der Waals surface area contributed by atoms with E-state index in [0.717, 1.165) is 5.92 Å². The van der Waals surface area contributed by atoms with Crippen molar-refractivity contribution < 1.29 is 5.11 Å². The molecule has 3 rings (SSSR count). The van der Waals surface area contributed by atoms with E-state index in [0.29, 0.717) is 17.4 Å². The van der Waals surface area contributed by atoms with Gasteiger partial charge < -0.3 is 5.11 Å².